The summed E-state index contributed by atoms with van der Waals surface area (Å²) in [5.74, 6) is 0.517. The van der Waals surface area contributed by atoms with Crippen LogP contribution in [-0.4, -0.2) is 35.4 Å². The molecular weight excluding hydrogens is 318 g/mol. The first-order valence-corrected chi connectivity index (χ1v) is 8.30. The molecule has 2 heterocycles. The van der Waals surface area contributed by atoms with Gasteiger partial charge in [0.1, 0.15) is 0 Å². The third-order valence-electron chi connectivity index (χ3n) is 4.22. The van der Waals surface area contributed by atoms with E-state index in [2.05, 4.69) is 10.3 Å². The molecule has 1 fully saturated rings. The van der Waals surface area contributed by atoms with Gasteiger partial charge in [-0.25, -0.2) is 4.98 Å². The summed E-state index contributed by atoms with van der Waals surface area (Å²) in [6, 6.07) is 11.0. The Bertz CT molecular complexity index is 776. The summed E-state index contributed by atoms with van der Waals surface area (Å²) in [6.45, 7) is 1.68. The van der Waals surface area contributed by atoms with E-state index < -0.39 is 0 Å². The molecule has 0 spiro atoms. The number of ether oxygens (including phenoxy) is 1. The minimum Gasteiger partial charge on any atom is -0.481 e. The lowest BCUT2D eigenvalue weighted by molar-refractivity contribution is -0.128. The van der Waals surface area contributed by atoms with Crippen LogP contribution in [0, 0.1) is 0 Å². The standard InChI is InChI=1S/C19H21N3O3/c1-25-19-16(7-3-9-20-19)12-21-18(24)15-6-2-5-14(11-15)13-22-10-4-8-17(22)23/h2-3,5-7,9,11H,4,8,10,12-13H2,1H3,(H,21,24). The molecule has 2 aromatic rings. The summed E-state index contributed by atoms with van der Waals surface area (Å²) in [5, 5.41) is 2.88. The van der Waals surface area contributed by atoms with Gasteiger partial charge >= 0.3 is 0 Å². The van der Waals surface area contributed by atoms with Crippen molar-refractivity contribution in [2.24, 2.45) is 0 Å². The zero-order valence-electron chi connectivity index (χ0n) is 14.2. The first-order valence-electron chi connectivity index (χ1n) is 8.30. The summed E-state index contributed by atoms with van der Waals surface area (Å²) in [4.78, 5) is 30.1. The second-order valence-electron chi connectivity index (χ2n) is 5.97. The minimum absolute atomic E-state index is 0.166. The fraction of sp³-hybridized carbons (Fsp3) is 0.316. The van der Waals surface area contributed by atoms with Gasteiger partial charge in [-0.15, -0.1) is 0 Å². The van der Waals surface area contributed by atoms with Crippen LogP contribution in [0.1, 0.15) is 34.3 Å². The molecule has 130 valence electrons. The van der Waals surface area contributed by atoms with E-state index in [4.69, 9.17) is 4.74 Å². The summed E-state index contributed by atoms with van der Waals surface area (Å²) >= 11 is 0. The molecule has 1 aromatic carbocycles. The molecule has 3 rings (SSSR count). The second-order valence-corrected chi connectivity index (χ2v) is 5.97. The van der Waals surface area contributed by atoms with Crippen LogP contribution in [0.4, 0.5) is 0 Å². The van der Waals surface area contributed by atoms with E-state index in [0.717, 1.165) is 24.1 Å². The van der Waals surface area contributed by atoms with E-state index >= 15 is 0 Å². The number of pyridine rings is 1. The van der Waals surface area contributed by atoms with E-state index in [1.165, 1.54) is 0 Å². The highest BCUT2D eigenvalue weighted by atomic mass is 16.5. The number of hydrogen-bond acceptors (Lipinski definition) is 4. The van der Waals surface area contributed by atoms with E-state index in [-0.39, 0.29) is 11.8 Å². The Morgan fingerprint density at radius 1 is 1.32 bits per heavy atom. The van der Waals surface area contributed by atoms with Gasteiger partial charge < -0.3 is 15.0 Å². The highest BCUT2D eigenvalue weighted by Gasteiger charge is 2.20. The van der Waals surface area contributed by atoms with Crippen molar-refractivity contribution in [1.29, 1.82) is 0 Å². The Kier molecular flexibility index (Phi) is 5.28. The fourth-order valence-corrected chi connectivity index (χ4v) is 2.92. The lowest BCUT2D eigenvalue weighted by atomic mass is 10.1. The molecule has 6 heteroatoms. The zero-order valence-corrected chi connectivity index (χ0v) is 14.2. The number of hydrogen-bond donors (Lipinski definition) is 1. The quantitative estimate of drug-likeness (QED) is 0.875. The van der Waals surface area contributed by atoms with Gasteiger partial charge in [-0.1, -0.05) is 18.2 Å². The monoisotopic (exact) mass is 339 g/mol. The van der Waals surface area contributed by atoms with Crippen LogP contribution in [-0.2, 0) is 17.9 Å². The number of likely N-dealkylation sites (tertiary alicyclic amines) is 1. The van der Waals surface area contributed by atoms with Crippen LogP contribution in [0.3, 0.4) is 0 Å². The van der Waals surface area contributed by atoms with Crippen LogP contribution in [0.2, 0.25) is 0 Å². The van der Waals surface area contributed by atoms with Crippen LogP contribution in [0.25, 0.3) is 0 Å². The van der Waals surface area contributed by atoms with E-state index in [1.807, 2.05) is 29.2 Å². The molecule has 0 aliphatic carbocycles. The summed E-state index contributed by atoms with van der Waals surface area (Å²) in [7, 11) is 1.55. The minimum atomic E-state index is -0.166. The maximum atomic E-state index is 12.4. The third-order valence-corrected chi connectivity index (χ3v) is 4.22. The summed E-state index contributed by atoms with van der Waals surface area (Å²) in [5.41, 5.74) is 2.35. The normalized spacial score (nSPS) is 13.8. The van der Waals surface area contributed by atoms with E-state index in [1.54, 1.807) is 25.4 Å². The van der Waals surface area contributed by atoms with E-state index in [9.17, 15) is 9.59 Å². The lowest BCUT2D eigenvalue weighted by Crippen LogP contribution is -2.25. The summed E-state index contributed by atoms with van der Waals surface area (Å²) < 4.78 is 5.19. The largest absolute Gasteiger partial charge is 0.481 e. The first kappa shape index (κ1) is 17.0. The molecule has 1 aliphatic heterocycles. The lowest BCUT2D eigenvalue weighted by Gasteiger charge is -2.16. The predicted octanol–water partition coefficient (Wildman–Crippen LogP) is 2.14. The van der Waals surface area contributed by atoms with Gasteiger partial charge in [0.05, 0.1) is 7.11 Å². The average Bonchev–Trinajstić information content (AvgIpc) is 3.04. The molecule has 1 aliphatic rings. The Morgan fingerprint density at radius 3 is 2.96 bits per heavy atom. The van der Waals surface area contributed by atoms with Crippen LogP contribution < -0.4 is 10.1 Å². The number of amides is 2. The van der Waals surface area contributed by atoms with Crippen molar-refractivity contribution in [1.82, 2.24) is 15.2 Å². The molecule has 6 nitrogen and oxygen atoms in total. The molecule has 1 aromatic heterocycles. The van der Waals surface area contributed by atoms with Crippen molar-refractivity contribution < 1.29 is 14.3 Å². The van der Waals surface area contributed by atoms with Crippen molar-refractivity contribution in [3.8, 4) is 5.88 Å². The number of carbonyl (C=O) groups is 2. The molecular formula is C19H21N3O3. The Hall–Kier alpha value is -2.89. The topological polar surface area (TPSA) is 71.5 Å². The van der Waals surface area contributed by atoms with Crippen molar-refractivity contribution in [2.75, 3.05) is 13.7 Å². The van der Waals surface area contributed by atoms with Crippen molar-refractivity contribution >= 4 is 11.8 Å². The van der Waals surface area contributed by atoms with Gasteiger partial charge in [0.15, 0.2) is 0 Å². The van der Waals surface area contributed by atoms with Gasteiger partial charge in [-0.3, -0.25) is 9.59 Å². The molecule has 0 atom stereocenters. The Balaban J connectivity index is 1.64. The first-order chi connectivity index (χ1) is 12.2. The number of benzene rings is 1. The van der Waals surface area contributed by atoms with Crippen molar-refractivity contribution in [3.63, 3.8) is 0 Å². The number of aromatic nitrogens is 1. The van der Waals surface area contributed by atoms with Crippen molar-refractivity contribution in [2.45, 2.75) is 25.9 Å². The molecule has 1 saturated heterocycles. The molecule has 0 bridgehead atoms. The molecule has 0 radical (unpaired) electrons. The van der Waals surface area contributed by atoms with Crippen LogP contribution in [0.5, 0.6) is 5.88 Å². The molecule has 0 saturated carbocycles. The van der Waals surface area contributed by atoms with Gasteiger partial charge in [0, 0.05) is 43.4 Å². The SMILES string of the molecule is COc1ncccc1CNC(=O)c1cccc(CN2CCCC2=O)c1. The second kappa shape index (κ2) is 7.79. The summed E-state index contributed by atoms with van der Waals surface area (Å²) in [6.07, 6.45) is 3.17. The van der Waals surface area contributed by atoms with Crippen LogP contribution >= 0.6 is 0 Å². The van der Waals surface area contributed by atoms with Gasteiger partial charge in [-0.2, -0.15) is 0 Å². The van der Waals surface area contributed by atoms with Crippen molar-refractivity contribution in [3.05, 3.63) is 59.3 Å². The number of rotatable bonds is 6. The third kappa shape index (κ3) is 4.15. The molecule has 1 N–H and O–H groups in total. The Morgan fingerprint density at radius 2 is 2.20 bits per heavy atom. The maximum absolute atomic E-state index is 12.4. The zero-order chi connectivity index (χ0) is 17.6. The highest BCUT2D eigenvalue weighted by molar-refractivity contribution is 5.94. The fourth-order valence-electron chi connectivity index (χ4n) is 2.92. The average molecular weight is 339 g/mol. The van der Waals surface area contributed by atoms with Crippen LogP contribution in [0.15, 0.2) is 42.6 Å². The molecule has 2 amide bonds. The smallest absolute Gasteiger partial charge is 0.251 e. The predicted molar refractivity (Wildman–Crippen MR) is 93.1 cm³/mol. The van der Waals surface area contributed by atoms with Gasteiger partial charge in [0.25, 0.3) is 5.91 Å². The van der Waals surface area contributed by atoms with Gasteiger partial charge in [-0.05, 0) is 30.2 Å². The number of nitrogens with one attached hydrogen (secondary N) is 1. The maximum Gasteiger partial charge on any atom is 0.251 e. The number of nitrogens with zero attached hydrogens (tertiary/aromatic N) is 2. The highest BCUT2D eigenvalue weighted by Crippen LogP contribution is 2.16. The van der Waals surface area contributed by atoms with Gasteiger partial charge in [0.2, 0.25) is 11.8 Å². The van der Waals surface area contributed by atoms with E-state index in [0.29, 0.717) is 31.0 Å². The Labute approximate surface area is 146 Å². The molecule has 25 heavy (non-hydrogen) atoms. The molecule has 0 unspecified atom stereocenters. The number of methoxy groups -OCH3 is 1. The number of carbonyl (C=O) groups excluding carboxylic acids is 2.